The van der Waals surface area contributed by atoms with E-state index in [1.54, 1.807) is 19.2 Å². The summed E-state index contributed by atoms with van der Waals surface area (Å²) in [4.78, 5) is 4.58. The summed E-state index contributed by atoms with van der Waals surface area (Å²) < 4.78 is 5.42. The molecule has 0 saturated carbocycles. The summed E-state index contributed by atoms with van der Waals surface area (Å²) in [6, 6.07) is 13.2. The lowest BCUT2D eigenvalue weighted by Gasteiger charge is -2.16. The van der Waals surface area contributed by atoms with Crippen LogP contribution in [0.15, 0.2) is 47.5 Å². The number of rotatable bonds is 7. The fourth-order valence-corrected chi connectivity index (χ4v) is 2.61. The fourth-order valence-electron chi connectivity index (χ4n) is 2.48. The van der Waals surface area contributed by atoms with Gasteiger partial charge >= 0.3 is 0 Å². The number of aliphatic hydroxyl groups is 1. The van der Waals surface area contributed by atoms with E-state index in [-0.39, 0.29) is 24.0 Å². The Labute approximate surface area is 183 Å². The summed E-state index contributed by atoms with van der Waals surface area (Å²) >= 11 is 5.88. The molecule has 27 heavy (non-hydrogen) atoms. The van der Waals surface area contributed by atoms with Crippen molar-refractivity contribution in [3.63, 3.8) is 0 Å². The van der Waals surface area contributed by atoms with E-state index < -0.39 is 6.10 Å². The molecule has 0 amide bonds. The van der Waals surface area contributed by atoms with Crippen molar-refractivity contribution in [2.75, 3.05) is 20.2 Å². The highest BCUT2D eigenvalue weighted by Crippen LogP contribution is 2.20. The lowest BCUT2D eigenvalue weighted by Crippen LogP contribution is -2.39. The summed E-state index contributed by atoms with van der Waals surface area (Å²) in [6.45, 7) is 5.58. The molecular weight excluding hydrogens is 477 g/mol. The minimum atomic E-state index is -0.648. The van der Waals surface area contributed by atoms with Crippen LogP contribution in [-0.4, -0.2) is 31.3 Å². The molecule has 0 fully saturated rings. The predicted molar refractivity (Wildman–Crippen MR) is 122 cm³/mol. The largest absolute Gasteiger partial charge is 0.496 e. The second-order valence-electron chi connectivity index (χ2n) is 5.96. The molecule has 0 aliphatic heterocycles. The van der Waals surface area contributed by atoms with Crippen LogP contribution in [0.2, 0.25) is 5.02 Å². The summed E-state index contributed by atoms with van der Waals surface area (Å²) in [7, 11) is 1.66. The number of benzene rings is 2. The van der Waals surface area contributed by atoms with Crippen molar-refractivity contribution in [3.8, 4) is 5.75 Å². The Morgan fingerprint density at radius 3 is 2.52 bits per heavy atom. The highest BCUT2D eigenvalue weighted by molar-refractivity contribution is 14.0. The third-order valence-electron chi connectivity index (χ3n) is 3.91. The molecule has 0 saturated heterocycles. The fraction of sp³-hybridized carbons (Fsp3) is 0.350. The Bertz CT molecular complexity index is 739. The average molecular weight is 504 g/mol. The van der Waals surface area contributed by atoms with E-state index >= 15 is 0 Å². The van der Waals surface area contributed by atoms with E-state index in [1.807, 2.05) is 44.2 Å². The molecule has 2 aromatic rings. The number of hydrogen-bond acceptors (Lipinski definition) is 3. The molecule has 0 aliphatic rings. The molecule has 0 radical (unpaired) electrons. The van der Waals surface area contributed by atoms with Gasteiger partial charge in [-0.1, -0.05) is 35.9 Å². The highest BCUT2D eigenvalue weighted by Gasteiger charge is 2.09. The average Bonchev–Trinajstić information content (AvgIpc) is 2.65. The Hall–Kier alpha value is -1.51. The normalized spacial score (nSPS) is 12.1. The van der Waals surface area contributed by atoms with Gasteiger partial charge in [-0.2, -0.15) is 0 Å². The van der Waals surface area contributed by atoms with Crippen molar-refractivity contribution in [1.82, 2.24) is 10.6 Å². The third kappa shape index (κ3) is 7.56. The van der Waals surface area contributed by atoms with Gasteiger partial charge in [0.05, 0.1) is 19.8 Å². The Morgan fingerprint density at radius 2 is 1.89 bits per heavy atom. The molecule has 0 aliphatic carbocycles. The van der Waals surface area contributed by atoms with Crippen molar-refractivity contribution in [2.24, 2.45) is 4.99 Å². The van der Waals surface area contributed by atoms with Crippen molar-refractivity contribution in [2.45, 2.75) is 26.5 Å². The number of aliphatic imine (C=N–C) groups is 1. The number of methoxy groups -OCH3 is 1. The maximum absolute atomic E-state index is 10.3. The summed E-state index contributed by atoms with van der Waals surface area (Å²) in [5.74, 6) is 1.47. The second kappa shape index (κ2) is 12.0. The number of ether oxygens (including phenoxy) is 1. The predicted octanol–water partition coefficient (Wildman–Crippen LogP) is 4.06. The van der Waals surface area contributed by atoms with Crippen LogP contribution in [0.4, 0.5) is 0 Å². The van der Waals surface area contributed by atoms with E-state index in [0.29, 0.717) is 24.1 Å². The lowest BCUT2D eigenvalue weighted by molar-refractivity contribution is 0.181. The first kappa shape index (κ1) is 23.5. The molecule has 0 heterocycles. The zero-order valence-corrected chi connectivity index (χ0v) is 18.9. The molecule has 1 atom stereocenters. The van der Waals surface area contributed by atoms with Crippen LogP contribution < -0.4 is 15.4 Å². The molecule has 3 N–H and O–H groups in total. The van der Waals surface area contributed by atoms with Crippen molar-refractivity contribution in [3.05, 3.63) is 64.2 Å². The molecule has 2 aromatic carbocycles. The molecule has 0 spiro atoms. The molecule has 148 valence electrons. The molecule has 0 bridgehead atoms. The smallest absolute Gasteiger partial charge is 0.191 e. The lowest BCUT2D eigenvalue weighted by atomic mass is 10.1. The van der Waals surface area contributed by atoms with Gasteiger partial charge in [-0.3, -0.25) is 0 Å². The summed E-state index contributed by atoms with van der Waals surface area (Å²) in [5, 5.41) is 17.3. The Kier molecular flexibility index (Phi) is 10.5. The zero-order valence-electron chi connectivity index (χ0n) is 15.8. The van der Waals surface area contributed by atoms with E-state index in [4.69, 9.17) is 16.3 Å². The topological polar surface area (TPSA) is 65.9 Å². The van der Waals surface area contributed by atoms with Crippen molar-refractivity contribution < 1.29 is 9.84 Å². The van der Waals surface area contributed by atoms with E-state index in [9.17, 15) is 5.11 Å². The van der Waals surface area contributed by atoms with Gasteiger partial charge in [0, 0.05) is 23.7 Å². The van der Waals surface area contributed by atoms with E-state index in [2.05, 4.69) is 15.6 Å². The quantitative estimate of drug-likeness (QED) is 0.303. The van der Waals surface area contributed by atoms with Crippen LogP contribution in [0.3, 0.4) is 0 Å². The van der Waals surface area contributed by atoms with Gasteiger partial charge in [0.15, 0.2) is 5.96 Å². The number of halogens is 2. The van der Waals surface area contributed by atoms with Crippen molar-refractivity contribution in [1.29, 1.82) is 0 Å². The number of guanidine groups is 1. The van der Waals surface area contributed by atoms with Crippen LogP contribution >= 0.6 is 35.6 Å². The van der Waals surface area contributed by atoms with Crippen LogP contribution in [0.25, 0.3) is 0 Å². The first-order chi connectivity index (χ1) is 12.5. The number of hydrogen-bond donors (Lipinski definition) is 3. The van der Waals surface area contributed by atoms with Gasteiger partial charge < -0.3 is 20.5 Å². The molecular formula is C20H27ClIN3O2. The first-order valence-electron chi connectivity index (χ1n) is 8.62. The van der Waals surface area contributed by atoms with Gasteiger partial charge in [0.25, 0.3) is 0 Å². The van der Waals surface area contributed by atoms with Gasteiger partial charge in [-0.05, 0) is 43.2 Å². The monoisotopic (exact) mass is 503 g/mol. The number of nitrogens with zero attached hydrogens (tertiary/aromatic N) is 1. The minimum absolute atomic E-state index is 0. The van der Waals surface area contributed by atoms with Gasteiger partial charge in [-0.15, -0.1) is 24.0 Å². The first-order valence-corrected chi connectivity index (χ1v) is 9.00. The van der Waals surface area contributed by atoms with Gasteiger partial charge in [0.2, 0.25) is 0 Å². The maximum atomic E-state index is 10.3. The molecule has 7 heteroatoms. The zero-order chi connectivity index (χ0) is 18.9. The summed E-state index contributed by atoms with van der Waals surface area (Å²) in [6.07, 6.45) is -0.648. The third-order valence-corrected chi connectivity index (χ3v) is 4.16. The number of aryl methyl sites for hydroxylation is 1. The standard InChI is InChI=1S/C20H26ClN3O2.HI/c1-4-22-20(23-12-16-6-5-14(2)11-19(16)26-3)24-13-18(25)15-7-9-17(21)10-8-15;/h5-11,18,25H,4,12-13H2,1-3H3,(H2,22,23,24);1H. The maximum Gasteiger partial charge on any atom is 0.191 e. The van der Waals surface area contributed by atoms with Crippen LogP contribution in [0.5, 0.6) is 5.75 Å². The van der Waals surface area contributed by atoms with Crippen LogP contribution in [-0.2, 0) is 6.54 Å². The Morgan fingerprint density at radius 1 is 1.19 bits per heavy atom. The Balaban J connectivity index is 0.00000364. The van der Waals surface area contributed by atoms with Crippen LogP contribution in [0.1, 0.15) is 29.7 Å². The van der Waals surface area contributed by atoms with E-state index in [1.165, 1.54) is 0 Å². The highest BCUT2D eigenvalue weighted by atomic mass is 127. The minimum Gasteiger partial charge on any atom is -0.496 e. The van der Waals surface area contributed by atoms with E-state index in [0.717, 1.165) is 29.0 Å². The van der Waals surface area contributed by atoms with Crippen molar-refractivity contribution >= 4 is 41.5 Å². The van der Waals surface area contributed by atoms with Gasteiger partial charge in [0.1, 0.15) is 5.75 Å². The SMILES string of the molecule is CCNC(=NCc1ccc(C)cc1OC)NCC(O)c1ccc(Cl)cc1.I. The number of nitrogens with one attached hydrogen (secondary N) is 2. The summed E-state index contributed by atoms with van der Waals surface area (Å²) in [5.41, 5.74) is 2.96. The molecule has 5 nitrogen and oxygen atoms in total. The molecule has 2 rings (SSSR count). The van der Waals surface area contributed by atoms with Crippen LogP contribution in [0, 0.1) is 6.92 Å². The molecule has 1 unspecified atom stereocenters. The molecule has 0 aromatic heterocycles. The second-order valence-corrected chi connectivity index (χ2v) is 6.40. The van der Waals surface area contributed by atoms with Gasteiger partial charge in [-0.25, -0.2) is 4.99 Å². The number of aliphatic hydroxyl groups excluding tert-OH is 1.